The van der Waals surface area contributed by atoms with Gasteiger partial charge in [0.15, 0.2) is 0 Å². The molecule has 0 amide bonds. The SMILES string of the molecule is COC(=O)CNS(=O)(=O)c1ccc(S(=O)(=O)N(C)C2CCCCC2)cc1. The van der Waals surface area contributed by atoms with Crippen LogP contribution in [0.2, 0.25) is 0 Å². The highest BCUT2D eigenvalue weighted by Gasteiger charge is 2.29. The van der Waals surface area contributed by atoms with Gasteiger partial charge in [-0.3, -0.25) is 4.79 Å². The lowest BCUT2D eigenvalue weighted by Crippen LogP contribution is -2.38. The van der Waals surface area contributed by atoms with Crippen molar-refractivity contribution in [1.29, 1.82) is 0 Å². The van der Waals surface area contributed by atoms with Crippen LogP contribution < -0.4 is 4.72 Å². The quantitative estimate of drug-likeness (QED) is 0.681. The summed E-state index contributed by atoms with van der Waals surface area (Å²) in [6.45, 7) is -0.497. The Bertz CT molecular complexity index is 828. The van der Waals surface area contributed by atoms with Crippen LogP contribution in [0.25, 0.3) is 0 Å². The second kappa shape index (κ2) is 8.47. The minimum Gasteiger partial charge on any atom is -0.468 e. The number of nitrogens with zero attached hydrogens (tertiary/aromatic N) is 1. The van der Waals surface area contributed by atoms with Crippen molar-refractivity contribution in [3.05, 3.63) is 24.3 Å². The number of methoxy groups -OCH3 is 1. The van der Waals surface area contributed by atoms with E-state index in [4.69, 9.17) is 0 Å². The lowest BCUT2D eigenvalue weighted by Gasteiger charge is -2.30. The molecule has 1 aliphatic rings. The molecule has 0 aromatic heterocycles. The van der Waals surface area contributed by atoms with Gasteiger partial charge in [-0.25, -0.2) is 16.8 Å². The van der Waals surface area contributed by atoms with Gasteiger partial charge in [-0.2, -0.15) is 9.03 Å². The van der Waals surface area contributed by atoms with Crippen LogP contribution in [0.15, 0.2) is 34.1 Å². The molecular weight excluding hydrogens is 380 g/mol. The molecule has 2 rings (SSSR count). The predicted molar refractivity (Wildman–Crippen MR) is 95.5 cm³/mol. The summed E-state index contributed by atoms with van der Waals surface area (Å²) in [5.41, 5.74) is 0. The third kappa shape index (κ3) is 4.81. The Morgan fingerprint density at radius 2 is 1.62 bits per heavy atom. The molecule has 0 atom stereocenters. The molecule has 0 spiro atoms. The highest BCUT2D eigenvalue weighted by atomic mass is 32.2. The lowest BCUT2D eigenvalue weighted by molar-refractivity contribution is -0.139. The van der Waals surface area contributed by atoms with Crippen molar-refractivity contribution in [2.75, 3.05) is 20.7 Å². The minimum absolute atomic E-state index is 0.0288. The first-order valence-corrected chi connectivity index (χ1v) is 11.3. The number of ether oxygens (including phenoxy) is 1. The molecule has 10 heteroatoms. The fraction of sp³-hybridized carbons (Fsp3) is 0.562. The number of sulfonamides is 2. The number of nitrogens with one attached hydrogen (secondary N) is 1. The monoisotopic (exact) mass is 404 g/mol. The first-order chi connectivity index (χ1) is 12.2. The number of hydrogen-bond acceptors (Lipinski definition) is 6. The van der Waals surface area contributed by atoms with E-state index in [1.165, 1.54) is 28.6 Å². The summed E-state index contributed by atoms with van der Waals surface area (Å²) in [5.74, 6) is -0.720. The van der Waals surface area contributed by atoms with E-state index in [9.17, 15) is 21.6 Å². The van der Waals surface area contributed by atoms with E-state index < -0.39 is 32.6 Å². The maximum Gasteiger partial charge on any atom is 0.320 e. The van der Waals surface area contributed by atoms with Crippen LogP contribution in [0.3, 0.4) is 0 Å². The second-order valence-electron chi connectivity index (χ2n) is 6.19. The maximum absolute atomic E-state index is 12.7. The summed E-state index contributed by atoms with van der Waals surface area (Å²) in [4.78, 5) is 11.0. The van der Waals surface area contributed by atoms with Gasteiger partial charge in [-0.15, -0.1) is 0 Å². The Hall–Kier alpha value is -1.49. The molecule has 0 radical (unpaired) electrons. The first kappa shape index (κ1) is 20.8. The molecule has 0 aliphatic heterocycles. The zero-order valence-electron chi connectivity index (χ0n) is 14.8. The van der Waals surface area contributed by atoms with Crippen LogP contribution in [0.1, 0.15) is 32.1 Å². The van der Waals surface area contributed by atoms with Crippen molar-refractivity contribution in [2.45, 2.75) is 47.9 Å². The number of esters is 1. The van der Waals surface area contributed by atoms with Crippen LogP contribution >= 0.6 is 0 Å². The first-order valence-electron chi connectivity index (χ1n) is 8.33. The number of carbonyl (C=O) groups excluding carboxylic acids is 1. The van der Waals surface area contributed by atoms with Gasteiger partial charge >= 0.3 is 5.97 Å². The molecule has 26 heavy (non-hydrogen) atoms. The molecule has 1 aromatic rings. The summed E-state index contributed by atoms with van der Waals surface area (Å²) >= 11 is 0. The van der Waals surface area contributed by atoms with Crippen molar-refractivity contribution in [3.8, 4) is 0 Å². The highest BCUT2D eigenvalue weighted by molar-refractivity contribution is 7.89. The largest absolute Gasteiger partial charge is 0.468 e. The molecule has 1 aromatic carbocycles. The summed E-state index contributed by atoms with van der Waals surface area (Å²) in [5, 5.41) is 0. The lowest BCUT2D eigenvalue weighted by atomic mass is 9.96. The van der Waals surface area contributed by atoms with Gasteiger partial charge in [0.1, 0.15) is 6.54 Å². The van der Waals surface area contributed by atoms with Gasteiger partial charge in [0, 0.05) is 13.1 Å². The topological polar surface area (TPSA) is 110 Å². The van der Waals surface area contributed by atoms with E-state index in [1.807, 2.05) is 0 Å². The maximum atomic E-state index is 12.7. The summed E-state index contributed by atoms with van der Waals surface area (Å²) in [7, 11) is -4.90. The number of hydrogen-bond donors (Lipinski definition) is 1. The van der Waals surface area contributed by atoms with Crippen molar-refractivity contribution in [1.82, 2.24) is 9.03 Å². The van der Waals surface area contributed by atoms with E-state index in [1.54, 1.807) is 7.05 Å². The van der Waals surface area contributed by atoms with Gasteiger partial charge in [-0.1, -0.05) is 19.3 Å². The molecular formula is C16H24N2O6S2. The van der Waals surface area contributed by atoms with Crippen LogP contribution in [0.5, 0.6) is 0 Å². The Morgan fingerprint density at radius 3 is 2.15 bits per heavy atom. The van der Waals surface area contributed by atoms with Crippen LogP contribution in [0.4, 0.5) is 0 Å². The second-order valence-corrected chi connectivity index (χ2v) is 9.95. The van der Waals surface area contributed by atoms with Gasteiger partial charge in [-0.05, 0) is 37.1 Å². The average molecular weight is 405 g/mol. The van der Waals surface area contributed by atoms with Crippen molar-refractivity contribution in [2.24, 2.45) is 0 Å². The Labute approximate surface area is 154 Å². The average Bonchev–Trinajstić information content (AvgIpc) is 2.66. The smallest absolute Gasteiger partial charge is 0.320 e. The van der Waals surface area contributed by atoms with E-state index >= 15 is 0 Å². The third-order valence-electron chi connectivity index (χ3n) is 4.53. The molecule has 0 unspecified atom stereocenters. The predicted octanol–water partition coefficient (Wildman–Crippen LogP) is 1.09. The van der Waals surface area contributed by atoms with Crippen molar-refractivity contribution >= 4 is 26.0 Å². The normalized spacial score (nSPS) is 16.6. The minimum atomic E-state index is -3.93. The molecule has 8 nitrogen and oxygen atoms in total. The van der Waals surface area contributed by atoms with Crippen molar-refractivity contribution < 1.29 is 26.4 Å². The van der Waals surface area contributed by atoms with Gasteiger partial charge in [0.2, 0.25) is 20.0 Å². The molecule has 1 aliphatic carbocycles. The molecule has 1 fully saturated rings. The molecule has 0 bridgehead atoms. The highest BCUT2D eigenvalue weighted by Crippen LogP contribution is 2.26. The van der Waals surface area contributed by atoms with Crippen molar-refractivity contribution in [3.63, 3.8) is 0 Å². The number of benzene rings is 1. The van der Waals surface area contributed by atoms with E-state index in [0.717, 1.165) is 39.2 Å². The zero-order valence-corrected chi connectivity index (χ0v) is 16.5. The summed E-state index contributed by atoms with van der Waals surface area (Å²) in [6.07, 6.45) is 4.80. The summed E-state index contributed by atoms with van der Waals surface area (Å²) in [6, 6.07) is 4.92. The third-order valence-corrected chi connectivity index (χ3v) is 7.88. The standard InChI is InChI=1S/C16H24N2O6S2/c1-18(13-6-4-3-5-7-13)26(22,23)15-10-8-14(9-11-15)25(20,21)17-12-16(19)24-2/h8-11,13,17H,3-7,12H2,1-2H3. The summed E-state index contributed by atoms with van der Waals surface area (Å²) < 4.78 is 57.6. The van der Waals surface area contributed by atoms with E-state index in [-0.39, 0.29) is 15.8 Å². The zero-order chi connectivity index (χ0) is 19.4. The van der Waals surface area contributed by atoms with Crippen LogP contribution in [0, 0.1) is 0 Å². The van der Waals surface area contributed by atoms with Gasteiger partial charge < -0.3 is 4.74 Å². The Kier molecular flexibility index (Phi) is 6.78. The fourth-order valence-electron chi connectivity index (χ4n) is 2.91. The van der Waals surface area contributed by atoms with Gasteiger partial charge in [0.25, 0.3) is 0 Å². The van der Waals surface area contributed by atoms with E-state index in [0.29, 0.717) is 0 Å². The number of rotatable bonds is 7. The molecule has 146 valence electrons. The number of carbonyl (C=O) groups is 1. The Morgan fingerprint density at radius 1 is 1.08 bits per heavy atom. The molecule has 1 saturated carbocycles. The molecule has 0 heterocycles. The molecule has 0 saturated heterocycles. The van der Waals surface area contributed by atoms with Crippen LogP contribution in [-0.2, 0) is 29.6 Å². The van der Waals surface area contributed by atoms with E-state index in [2.05, 4.69) is 9.46 Å². The molecule has 1 N–H and O–H groups in total. The van der Waals surface area contributed by atoms with Crippen LogP contribution in [-0.4, -0.2) is 53.9 Å². The Balaban J connectivity index is 2.16. The van der Waals surface area contributed by atoms with Gasteiger partial charge in [0.05, 0.1) is 16.9 Å². The fourth-order valence-corrected chi connectivity index (χ4v) is 5.29.